The van der Waals surface area contributed by atoms with E-state index in [-0.39, 0.29) is 17.3 Å². The van der Waals surface area contributed by atoms with Crippen molar-refractivity contribution in [2.75, 3.05) is 6.61 Å². The molecule has 1 heterocycles. The van der Waals surface area contributed by atoms with E-state index in [1.54, 1.807) is 12.4 Å². The third-order valence-corrected chi connectivity index (χ3v) is 2.51. The van der Waals surface area contributed by atoms with Crippen LogP contribution in [0.4, 0.5) is 0 Å². The molecule has 0 amide bonds. The van der Waals surface area contributed by atoms with Crippen LogP contribution in [-0.2, 0) is 16.0 Å². The van der Waals surface area contributed by atoms with Gasteiger partial charge in [-0.05, 0) is 24.0 Å². The van der Waals surface area contributed by atoms with E-state index in [1.165, 1.54) is 0 Å². The minimum atomic E-state index is -0.354. The Kier molecular flexibility index (Phi) is 4.82. The number of pyridine rings is 1. The van der Waals surface area contributed by atoms with Crippen LogP contribution in [0.1, 0.15) is 33.3 Å². The Morgan fingerprint density at radius 1 is 1.47 bits per heavy atom. The molecule has 94 valence electrons. The topological polar surface area (TPSA) is 39.2 Å². The smallest absolute Gasteiger partial charge is 0.166 e. The molecule has 1 unspecified atom stereocenters. The van der Waals surface area contributed by atoms with Gasteiger partial charge in [0.15, 0.2) is 5.78 Å². The minimum absolute atomic E-state index is 0.118. The summed E-state index contributed by atoms with van der Waals surface area (Å²) in [6.45, 7) is 8.54. The monoisotopic (exact) mass is 235 g/mol. The second-order valence-corrected chi connectivity index (χ2v) is 5.21. The zero-order valence-electron chi connectivity index (χ0n) is 11.1. The number of carbonyl (C=O) groups is 1. The first-order valence-corrected chi connectivity index (χ1v) is 5.98. The number of nitrogens with zero attached hydrogens (tertiary/aromatic N) is 1. The van der Waals surface area contributed by atoms with Gasteiger partial charge in [0.05, 0.1) is 0 Å². The summed E-state index contributed by atoms with van der Waals surface area (Å²) in [5.41, 5.74) is 0.765. The summed E-state index contributed by atoms with van der Waals surface area (Å²) in [5, 5.41) is 0. The highest BCUT2D eigenvalue weighted by Gasteiger charge is 2.31. The van der Waals surface area contributed by atoms with Crippen molar-refractivity contribution < 1.29 is 9.53 Å². The van der Waals surface area contributed by atoms with Crippen molar-refractivity contribution in [1.29, 1.82) is 0 Å². The lowest BCUT2D eigenvalue weighted by atomic mass is 9.85. The molecule has 0 aliphatic rings. The Morgan fingerprint density at radius 3 is 2.65 bits per heavy atom. The van der Waals surface area contributed by atoms with Crippen LogP contribution in [0, 0.1) is 5.41 Å². The molecule has 0 aromatic carbocycles. The van der Waals surface area contributed by atoms with Crippen LogP contribution in [0.25, 0.3) is 0 Å². The molecule has 1 atom stereocenters. The number of hydrogen-bond donors (Lipinski definition) is 0. The number of aromatic nitrogens is 1. The largest absolute Gasteiger partial charge is 0.370 e. The van der Waals surface area contributed by atoms with Crippen molar-refractivity contribution in [3.8, 4) is 0 Å². The zero-order valence-corrected chi connectivity index (χ0v) is 11.1. The van der Waals surface area contributed by atoms with Crippen LogP contribution >= 0.6 is 0 Å². The highest BCUT2D eigenvalue weighted by molar-refractivity contribution is 5.85. The van der Waals surface area contributed by atoms with Gasteiger partial charge in [-0.2, -0.15) is 0 Å². The first kappa shape index (κ1) is 13.8. The summed E-state index contributed by atoms with van der Waals surface area (Å²) < 4.78 is 5.57. The quantitative estimate of drug-likeness (QED) is 0.787. The van der Waals surface area contributed by atoms with Gasteiger partial charge >= 0.3 is 0 Å². The maximum atomic E-state index is 12.2. The summed E-state index contributed by atoms with van der Waals surface area (Å²) in [6.07, 6.45) is 3.46. The molecular weight excluding hydrogens is 214 g/mol. The minimum Gasteiger partial charge on any atom is -0.370 e. The second-order valence-electron chi connectivity index (χ2n) is 5.21. The molecule has 0 aliphatic heterocycles. The van der Waals surface area contributed by atoms with Crippen molar-refractivity contribution in [2.24, 2.45) is 5.41 Å². The molecule has 0 radical (unpaired) electrons. The lowest BCUT2D eigenvalue weighted by molar-refractivity contribution is -0.136. The van der Waals surface area contributed by atoms with E-state index in [2.05, 4.69) is 4.98 Å². The number of ketones is 1. The number of Topliss-reactive ketones (excluding diaryl/α,β-unsaturated/α-hetero) is 1. The standard InChI is InChI=1S/C14H21NO2/c1-5-17-13(14(2,3)4)12(16)9-11-7-6-8-15-10-11/h6-8,10,13H,5,9H2,1-4H3. The maximum absolute atomic E-state index is 12.2. The first-order chi connectivity index (χ1) is 7.95. The molecule has 1 rings (SSSR count). The molecule has 0 bridgehead atoms. The molecule has 0 saturated carbocycles. The summed E-state index contributed by atoms with van der Waals surface area (Å²) in [7, 11) is 0. The van der Waals surface area contributed by atoms with Gasteiger partial charge in [0.25, 0.3) is 0 Å². The molecule has 3 nitrogen and oxygen atoms in total. The van der Waals surface area contributed by atoms with E-state index in [9.17, 15) is 4.79 Å². The summed E-state index contributed by atoms with van der Waals surface area (Å²) in [5.74, 6) is 0.118. The van der Waals surface area contributed by atoms with Gasteiger partial charge in [-0.25, -0.2) is 0 Å². The fraction of sp³-hybridized carbons (Fsp3) is 0.571. The van der Waals surface area contributed by atoms with E-state index < -0.39 is 0 Å². The van der Waals surface area contributed by atoms with Gasteiger partial charge in [0, 0.05) is 25.4 Å². The highest BCUT2D eigenvalue weighted by atomic mass is 16.5. The molecule has 1 aromatic rings. The van der Waals surface area contributed by atoms with Crippen LogP contribution < -0.4 is 0 Å². The van der Waals surface area contributed by atoms with E-state index >= 15 is 0 Å². The molecular formula is C14H21NO2. The number of carbonyl (C=O) groups excluding carboxylic acids is 1. The van der Waals surface area contributed by atoms with Crippen molar-refractivity contribution in [3.63, 3.8) is 0 Å². The van der Waals surface area contributed by atoms with Crippen LogP contribution in [0.5, 0.6) is 0 Å². The summed E-state index contributed by atoms with van der Waals surface area (Å²) >= 11 is 0. The molecule has 0 fully saturated rings. The van der Waals surface area contributed by atoms with Crippen molar-refractivity contribution in [3.05, 3.63) is 30.1 Å². The number of hydrogen-bond acceptors (Lipinski definition) is 3. The lowest BCUT2D eigenvalue weighted by Crippen LogP contribution is -2.38. The molecule has 0 saturated heterocycles. The third-order valence-electron chi connectivity index (χ3n) is 2.51. The first-order valence-electron chi connectivity index (χ1n) is 5.98. The van der Waals surface area contributed by atoms with Gasteiger partial charge in [0.2, 0.25) is 0 Å². The molecule has 1 aromatic heterocycles. The molecule has 17 heavy (non-hydrogen) atoms. The normalized spacial score (nSPS) is 13.4. The Hall–Kier alpha value is -1.22. The van der Waals surface area contributed by atoms with Crippen molar-refractivity contribution in [2.45, 2.75) is 40.2 Å². The van der Waals surface area contributed by atoms with E-state index in [0.29, 0.717) is 13.0 Å². The Balaban J connectivity index is 2.73. The predicted molar refractivity (Wildman–Crippen MR) is 67.8 cm³/mol. The molecule has 0 N–H and O–H groups in total. The molecule has 0 spiro atoms. The van der Waals surface area contributed by atoms with Gasteiger partial charge in [-0.15, -0.1) is 0 Å². The van der Waals surface area contributed by atoms with Crippen molar-refractivity contribution in [1.82, 2.24) is 4.98 Å². The number of rotatable bonds is 5. The van der Waals surface area contributed by atoms with E-state index in [0.717, 1.165) is 5.56 Å². The van der Waals surface area contributed by atoms with E-state index in [1.807, 2.05) is 39.8 Å². The Labute approximate surface area is 103 Å². The fourth-order valence-electron chi connectivity index (χ4n) is 1.79. The van der Waals surface area contributed by atoms with Crippen LogP contribution in [-0.4, -0.2) is 23.5 Å². The van der Waals surface area contributed by atoms with Crippen LogP contribution in [0.15, 0.2) is 24.5 Å². The predicted octanol–water partition coefficient (Wildman–Crippen LogP) is 2.64. The fourth-order valence-corrected chi connectivity index (χ4v) is 1.79. The van der Waals surface area contributed by atoms with E-state index in [4.69, 9.17) is 4.74 Å². The zero-order chi connectivity index (χ0) is 12.9. The third kappa shape index (κ3) is 4.27. The van der Waals surface area contributed by atoms with Gasteiger partial charge < -0.3 is 4.74 Å². The van der Waals surface area contributed by atoms with Crippen molar-refractivity contribution >= 4 is 5.78 Å². The average molecular weight is 235 g/mol. The Morgan fingerprint density at radius 2 is 2.18 bits per heavy atom. The maximum Gasteiger partial charge on any atom is 0.166 e. The highest BCUT2D eigenvalue weighted by Crippen LogP contribution is 2.24. The number of ether oxygens (including phenoxy) is 1. The molecule has 0 aliphatic carbocycles. The summed E-state index contributed by atoms with van der Waals surface area (Å²) in [6, 6.07) is 3.76. The SMILES string of the molecule is CCOC(C(=O)Cc1cccnc1)C(C)(C)C. The molecule has 3 heteroatoms. The lowest BCUT2D eigenvalue weighted by Gasteiger charge is -2.29. The van der Waals surface area contributed by atoms with Gasteiger partial charge in [-0.3, -0.25) is 9.78 Å². The average Bonchev–Trinajstić information content (AvgIpc) is 2.25. The van der Waals surface area contributed by atoms with Gasteiger partial charge in [-0.1, -0.05) is 26.8 Å². The van der Waals surface area contributed by atoms with Gasteiger partial charge in [0.1, 0.15) is 6.10 Å². The summed E-state index contributed by atoms with van der Waals surface area (Å²) in [4.78, 5) is 16.2. The van der Waals surface area contributed by atoms with Crippen LogP contribution in [0.3, 0.4) is 0 Å². The second kappa shape index (κ2) is 5.92. The Bertz CT molecular complexity index is 354. The van der Waals surface area contributed by atoms with Crippen LogP contribution in [0.2, 0.25) is 0 Å².